The Balaban J connectivity index is 2.98. The molecule has 0 aliphatic rings. The third-order valence-electron chi connectivity index (χ3n) is 1.97. The lowest BCUT2D eigenvalue weighted by atomic mass is 10.2. The van der Waals surface area contributed by atoms with Gasteiger partial charge in [-0.1, -0.05) is 17.7 Å². The van der Waals surface area contributed by atoms with Crippen LogP contribution in [-0.4, -0.2) is 12.2 Å². The highest BCUT2D eigenvalue weighted by atomic mass is 16.2. The van der Waals surface area contributed by atoms with Crippen LogP contribution in [0.25, 0.3) is 0 Å². The van der Waals surface area contributed by atoms with Crippen molar-refractivity contribution in [1.29, 1.82) is 0 Å². The van der Waals surface area contributed by atoms with Crippen LogP contribution in [0.3, 0.4) is 0 Å². The molecule has 0 spiro atoms. The van der Waals surface area contributed by atoms with E-state index in [9.17, 15) is 9.59 Å². The monoisotopic (exact) mass is 203 g/mol. The number of amides is 1. The van der Waals surface area contributed by atoms with Crippen molar-refractivity contribution < 1.29 is 9.59 Å². The highest BCUT2D eigenvalue weighted by molar-refractivity contribution is 5.94. The standard InChI is InChI=1S/C12H13NO2/c1-10-4-6-12(7-5-10)13(11(2)15)8-3-9-14/h3-9H,1-2H3. The maximum absolute atomic E-state index is 11.3. The van der Waals surface area contributed by atoms with Gasteiger partial charge in [-0.05, 0) is 25.1 Å². The third kappa shape index (κ3) is 3.06. The van der Waals surface area contributed by atoms with E-state index < -0.39 is 0 Å². The van der Waals surface area contributed by atoms with Crippen molar-refractivity contribution in [3.63, 3.8) is 0 Å². The number of allylic oxidation sites excluding steroid dienone is 1. The maximum atomic E-state index is 11.3. The molecule has 0 bridgehead atoms. The van der Waals surface area contributed by atoms with Gasteiger partial charge in [0, 0.05) is 18.8 Å². The molecule has 0 N–H and O–H groups in total. The van der Waals surface area contributed by atoms with Crippen LogP contribution < -0.4 is 4.90 Å². The summed E-state index contributed by atoms with van der Waals surface area (Å²) in [6.45, 7) is 3.43. The number of hydrogen-bond donors (Lipinski definition) is 0. The molecule has 0 aromatic heterocycles. The Hall–Kier alpha value is -1.90. The second kappa shape index (κ2) is 5.10. The fourth-order valence-corrected chi connectivity index (χ4v) is 1.20. The van der Waals surface area contributed by atoms with Crippen LogP contribution in [0.2, 0.25) is 0 Å². The second-order valence-corrected chi connectivity index (χ2v) is 3.20. The number of rotatable bonds is 3. The molecule has 78 valence electrons. The molecule has 3 nitrogen and oxygen atoms in total. The van der Waals surface area contributed by atoms with Gasteiger partial charge in [-0.2, -0.15) is 0 Å². The van der Waals surface area contributed by atoms with E-state index in [0.717, 1.165) is 11.3 Å². The lowest BCUT2D eigenvalue weighted by molar-refractivity contribution is -0.116. The van der Waals surface area contributed by atoms with Gasteiger partial charge >= 0.3 is 0 Å². The Bertz CT molecular complexity index is 379. The highest BCUT2D eigenvalue weighted by Crippen LogP contribution is 2.15. The molecular formula is C12H13NO2. The first-order valence-electron chi connectivity index (χ1n) is 4.63. The fourth-order valence-electron chi connectivity index (χ4n) is 1.20. The van der Waals surface area contributed by atoms with E-state index in [0.29, 0.717) is 6.29 Å². The molecule has 1 amide bonds. The Morgan fingerprint density at radius 2 is 1.87 bits per heavy atom. The van der Waals surface area contributed by atoms with Crippen molar-refractivity contribution in [3.05, 3.63) is 42.1 Å². The number of aryl methyl sites for hydroxylation is 1. The Morgan fingerprint density at radius 1 is 1.27 bits per heavy atom. The van der Waals surface area contributed by atoms with Crippen LogP contribution in [0.1, 0.15) is 12.5 Å². The predicted octanol–water partition coefficient (Wildman–Crippen LogP) is 2.06. The summed E-state index contributed by atoms with van der Waals surface area (Å²) >= 11 is 0. The summed E-state index contributed by atoms with van der Waals surface area (Å²) in [7, 11) is 0. The Morgan fingerprint density at radius 3 is 2.33 bits per heavy atom. The van der Waals surface area contributed by atoms with Crippen LogP contribution in [0.5, 0.6) is 0 Å². The second-order valence-electron chi connectivity index (χ2n) is 3.20. The largest absolute Gasteiger partial charge is 0.299 e. The molecule has 0 fully saturated rings. The zero-order chi connectivity index (χ0) is 11.3. The van der Waals surface area contributed by atoms with Gasteiger partial charge in [0.25, 0.3) is 0 Å². The van der Waals surface area contributed by atoms with Crippen LogP contribution >= 0.6 is 0 Å². The first-order chi connectivity index (χ1) is 7.15. The quantitative estimate of drug-likeness (QED) is 0.557. The molecule has 0 aliphatic heterocycles. The molecule has 0 radical (unpaired) electrons. The average molecular weight is 203 g/mol. The minimum atomic E-state index is -0.128. The van der Waals surface area contributed by atoms with Crippen molar-refractivity contribution in [3.8, 4) is 0 Å². The topological polar surface area (TPSA) is 37.4 Å². The first kappa shape index (κ1) is 11.2. The van der Waals surface area contributed by atoms with Gasteiger partial charge in [0.2, 0.25) is 5.91 Å². The molecule has 1 aromatic carbocycles. The van der Waals surface area contributed by atoms with Gasteiger partial charge in [-0.25, -0.2) is 0 Å². The van der Waals surface area contributed by atoms with Crippen molar-refractivity contribution in [1.82, 2.24) is 0 Å². The molecule has 1 rings (SSSR count). The van der Waals surface area contributed by atoms with E-state index in [1.54, 1.807) is 0 Å². The van der Waals surface area contributed by atoms with Crippen molar-refractivity contribution in [2.75, 3.05) is 4.90 Å². The summed E-state index contributed by atoms with van der Waals surface area (Å²) in [6.07, 6.45) is 3.39. The van der Waals surface area contributed by atoms with Gasteiger partial charge in [-0.3, -0.25) is 14.5 Å². The summed E-state index contributed by atoms with van der Waals surface area (Å²) in [5, 5.41) is 0. The van der Waals surface area contributed by atoms with E-state index >= 15 is 0 Å². The molecule has 0 saturated carbocycles. The smallest absolute Gasteiger partial charge is 0.227 e. The predicted molar refractivity (Wildman–Crippen MR) is 59.5 cm³/mol. The van der Waals surface area contributed by atoms with Gasteiger partial charge in [0.1, 0.15) is 6.29 Å². The number of carbonyl (C=O) groups excluding carboxylic acids is 2. The fraction of sp³-hybridized carbons (Fsp3) is 0.167. The Kier molecular flexibility index (Phi) is 3.80. The average Bonchev–Trinajstić information content (AvgIpc) is 2.21. The van der Waals surface area contributed by atoms with E-state index in [1.165, 1.54) is 24.1 Å². The summed E-state index contributed by atoms with van der Waals surface area (Å²) in [4.78, 5) is 22.9. The SMILES string of the molecule is CC(=O)N(C=CC=O)c1ccc(C)cc1. The minimum Gasteiger partial charge on any atom is -0.299 e. The van der Waals surface area contributed by atoms with Crippen LogP contribution in [-0.2, 0) is 9.59 Å². The minimum absolute atomic E-state index is 0.128. The summed E-state index contributed by atoms with van der Waals surface area (Å²) < 4.78 is 0. The van der Waals surface area contributed by atoms with Crippen LogP contribution in [0.4, 0.5) is 5.69 Å². The number of nitrogens with zero attached hydrogens (tertiary/aromatic N) is 1. The van der Waals surface area contributed by atoms with Gasteiger partial charge in [0.15, 0.2) is 0 Å². The van der Waals surface area contributed by atoms with E-state index in [1.807, 2.05) is 31.2 Å². The van der Waals surface area contributed by atoms with E-state index in [2.05, 4.69) is 0 Å². The van der Waals surface area contributed by atoms with E-state index in [-0.39, 0.29) is 5.91 Å². The van der Waals surface area contributed by atoms with Crippen molar-refractivity contribution in [2.45, 2.75) is 13.8 Å². The molecule has 0 saturated heterocycles. The Labute approximate surface area is 89.0 Å². The summed E-state index contributed by atoms with van der Waals surface area (Å²) in [5.74, 6) is -0.128. The highest BCUT2D eigenvalue weighted by Gasteiger charge is 2.06. The van der Waals surface area contributed by atoms with Gasteiger partial charge < -0.3 is 0 Å². The van der Waals surface area contributed by atoms with E-state index in [4.69, 9.17) is 0 Å². The number of aldehydes is 1. The van der Waals surface area contributed by atoms with Crippen LogP contribution in [0.15, 0.2) is 36.5 Å². The molecule has 15 heavy (non-hydrogen) atoms. The third-order valence-corrected chi connectivity index (χ3v) is 1.97. The molecular weight excluding hydrogens is 190 g/mol. The molecule has 0 unspecified atom stereocenters. The van der Waals surface area contributed by atoms with Gasteiger partial charge in [-0.15, -0.1) is 0 Å². The zero-order valence-electron chi connectivity index (χ0n) is 8.81. The number of benzene rings is 1. The maximum Gasteiger partial charge on any atom is 0.227 e. The lowest BCUT2D eigenvalue weighted by Gasteiger charge is -2.15. The summed E-state index contributed by atoms with van der Waals surface area (Å²) in [5.41, 5.74) is 1.88. The molecule has 0 aliphatic carbocycles. The van der Waals surface area contributed by atoms with Crippen molar-refractivity contribution >= 4 is 17.9 Å². The normalized spacial score (nSPS) is 10.3. The number of hydrogen-bond acceptors (Lipinski definition) is 2. The molecule has 1 aromatic rings. The van der Waals surface area contributed by atoms with Crippen molar-refractivity contribution in [2.24, 2.45) is 0 Å². The lowest BCUT2D eigenvalue weighted by Crippen LogP contribution is -2.21. The molecule has 0 atom stereocenters. The first-order valence-corrected chi connectivity index (χ1v) is 4.63. The zero-order valence-corrected chi connectivity index (χ0v) is 8.81. The molecule has 0 heterocycles. The molecule has 3 heteroatoms. The summed E-state index contributed by atoms with van der Waals surface area (Å²) in [6, 6.07) is 7.51. The number of anilines is 1. The van der Waals surface area contributed by atoms with Crippen LogP contribution in [0, 0.1) is 6.92 Å². The van der Waals surface area contributed by atoms with Gasteiger partial charge in [0.05, 0.1) is 0 Å². The number of carbonyl (C=O) groups is 2.